The van der Waals surface area contributed by atoms with Crippen molar-refractivity contribution in [1.29, 1.82) is 0 Å². The van der Waals surface area contributed by atoms with Crippen LogP contribution in [0.4, 0.5) is 5.69 Å². The molecular formula is C25H24N4O3. The fourth-order valence-corrected chi connectivity index (χ4v) is 4.44. The molecule has 0 saturated heterocycles. The number of hydrogen-bond donors (Lipinski definition) is 3. The Morgan fingerprint density at radius 1 is 0.969 bits per heavy atom. The Morgan fingerprint density at radius 2 is 1.72 bits per heavy atom. The number of aromatic amines is 1. The van der Waals surface area contributed by atoms with Crippen LogP contribution in [-0.2, 0) is 16.1 Å². The van der Waals surface area contributed by atoms with E-state index in [2.05, 4.69) is 10.3 Å². The zero-order valence-electron chi connectivity index (χ0n) is 18.0. The van der Waals surface area contributed by atoms with E-state index in [0.29, 0.717) is 35.2 Å². The quantitative estimate of drug-likeness (QED) is 0.412. The van der Waals surface area contributed by atoms with Crippen LogP contribution in [0.1, 0.15) is 17.5 Å². The van der Waals surface area contributed by atoms with Crippen LogP contribution in [0.5, 0.6) is 0 Å². The molecule has 32 heavy (non-hydrogen) atoms. The number of rotatable bonds is 6. The zero-order chi connectivity index (χ0) is 22.4. The lowest BCUT2D eigenvalue weighted by Crippen LogP contribution is -2.22. The zero-order valence-corrected chi connectivity index (χ0v) is 18.0. The van der Waals surface area contributed by atoms with Gasteiger partial charge in [0.2, 0.25) is 0 Å². The van der Waals surface area contributed by atoms with Gasteiger partial charge in [0.25, 0.3) is 11.8 Å². The van der Waals surface area contributed by atoms with E-state index in [-0.39, 0.29) is 6.61 Å². The van der Waals surface area contributed by atoms with Gasteiger partial charge in [-0.1, -0.05) is 18.2 Å². The summed E-state index contributed by atoms with van der Waals surface area (Å²) in [4.78, 5) is 31.2. The van der Waals surface area contributed by atoms with Gasteiger partial charge >= 0.3 is 0 Å². The first-order valence-electron chi connectivity index (χ1n) is 10.6. The molecule has 2 aromatic carbocycles. The summed E-state index contributed by atoms with van der Waals surface area (Å²) in [6.45, 7) is 0.687. The molecule has 2 amide bonds. The second-order valence-electron chi connectivity index (χ2n) is 8.19. The molecule has 2 aromatic heterocycles. The first-order valence-corrected chi connectivity index (χ1v) is 10.6. The lowest BCUT2D eigenvalue weighted by Gasteiger charge is -2.13. The summed E-state index contributed by atoms with van der Waals surface area (Å²) in [5, 5.41) is 13.6. The van der Waals surface area contributed by atoms with Crippen molar-refractivity contribution in [1.82, 2.24) is 14.9 Å². The lowest BCUT2D eigenvalue weighted by molar-refractivity contribution is -0.122. The second-order valence-corrected chi connectivity index (χ2v) is 8.19. The number of aliphatic hydroxyl groups excluding tert-OH is 1. The van der Waals surface area contributed by atoms with Crippen molar-refractivity contribution in [3.63, 3.8) is 0 Å². The van der Waals surface area contributed by atoms with Crippen molar-refractivity contribution in [2.24, 2.45) is 0 Å². The molecule has 0 saturated carbocycles. The smallest absolute Gasteiger partial charge is 0.259 e. The SMILES string of the molecule is CN(C)c1ccc2c(c1)c(C1=C(c3c[nH]c4ccccc34)C(=O)NC1=O)cn2CCCO. The number of amides is 2. The minimum atomic E-state index is -0.397. The van der Waals surface area contributed by atoms with E-state index >= 15 is 0 Å². The van der Waals surface area contributed by atoms with Gasteiger partial charge in [0.15, 0.2) is 0 Å². The third-order valence-corrected chi connectivity index (χ3v) is 6.00. The molecule has 7 heteroatoms. The molecule has 0 bridgehead atoms. The predicted octanol–water partition coefficient (Wildman–Crippen LogP) is 3.14. The number of benzene rings is 2. The van der Waals surface area contributed by atoms with E-state index in [4.69, 9.17) is 0 Å². The van der Waals surface area contributed by atoms with Gasteiger partial charge in [0.05, 0.1) is 11.1 Å². The van der Waals surface area contributed by atoms with Crippen molar-refractivity contribution >= 4 is 50.5 Å². The van der Waals surface area contributed by atoms with Gasteiger partial charge in [-0.3, -0.25) is 14.9 Å². The number of para-hydroxylation sites is 1. The molecule has 7 nitrogen and oxygen atoms in total. The minimum absolute atomic E-state index is 0.0764. The summed E-state index contributed by atoms with van der Waals surface area (Å²) in [5.74, 6) is -0.790. The van der Waals surface area contributed by atoms with Gasteiger partial charge in [-0.2, -0.15) is 0 Å². The van der Waals surface area contributed by atoms with Crippen molar-refractivity contribution in [2.75, 3.05) is 25.6 Å². The minimum Gasteiger partial charge on any atom is -0.396 e. The highest BCUT2D eigenvalue weighted by Crippen LogP contribution is 2.39. The molecule has 162 valence electrons. The number of nitrogens with zero attached hydrogens (tertiary/aromatic N) is 2. The molecule has 0 atom stereocenters. The Kier molecular flexibility index (Phi) is 4.83. The number of aryl methyl sites for hydroxylation is 1. The Balaban J connectivity index is 1.80. The van der Waals surface area contributed by atoms with E-state index in [9.17, 15) is 14.7 Å². The topological polar surface area (TPSA) is 90.4 Å². The van der Waals surface area contributed by atoms with E-state index in [1.807, 2.05) is 72.2 Å². The van der Waals surface area contributed by atoms with Crippen LogP contribution in [-0.4, -0.2) is 47.2 Å². The average Bonchev–Trinajstić information content (AvgIpc) is 3.44. The Labute approximate surface area is 184 Å². The number of imide groups is 1. The van der Waals surface area contributed by atoms with Crippen molar-refractivity contribution in [2.45, 2.75) is 13.0 Å². The van der Waals surface area contributed by atoms with Gasteiger partial charge in [-0.25, -0.2) is 0 Å². The van der Waals surface area contributed by atoms with Gasteiger partial charge in [-0.05, 0) is 30.7 Å². The summed E-state index contributed by atoms with van der Waals surface area (Å²) in [6, 6.07) is 13.8. The molecule has 0 radical (unpaired) electrons. The van der Waals surface area contributed by atoms with Gasteiger partial charge in [0.1, 0.15) is 0 Å². The van der Waals surface area contributed by atoms with E-state index in [0.717, 1.165) is 27.5 Å². The molecule has 0 spiro atoms. The standard InChI is InChI=1S/C25H24N4O3/c1-28(2)15-8-9-21-17(12-15)19(14-29(21)10-5-11-30)23-22(24(31)27-25(23)32)18-13-26-20-7-4-3-6-16(18)20/h3-4,6-9,12-14,26,30H,5,10-11H2,1-2H3,(H,27,31,32). The number of hydrogen-bond acceptors (Lipinski definition) is 4. The van der Waals surface area contributed by atoms with E-state index in [1.165, 1.54) is 0 Å². The van der Waals surface area contributed by atoms with Gasteiger partial charge in [0, 0.05) is 78.3 Å². The van der Waals surface area contributed by atoms with Crippen molar-refractivity contribution in [3.8, 4) is 0 Å². The largest absolute Gasteiger partial charge is 0.396 e. The number of aliphatic hydroxyl groups is 1. The fourth-order valence-electron chi connectivity index (χ4n) is 4.44. The molecular weight excluding hydrogens is 404 g/mol. The van der Waals surface area contributed by atoms with Crippen molar-refractivity contribution in [3.05, 3.63) is 66.0 Å². The molecule has 5 rings (SSSR count). The Hall–Kier alpha value is -3.84. The molecule has 3 heterocycles. The Bertz CT molecular complexity index is 1410. The third kappa shape index (κ3) is 3.09. The highest BCUT2D eigenvalue weighted by Gasteiger charge is 2.35. The molecule has 0 unspecified atom stereocenters. The molecule has 0 aliphatic carbocycles. The Morgan fingerprint density at radius 3 is 2.47 bits per heavy atom. The monoisotopic (exact) mass is 428 g/mol. The lowest BCUT2D eigenvalue weighted by atomic mass is 9.95. The van der Waals surface area contributed by atoms with E-state index in [1.54, 1.807) is 6.20 Å². The first-order chi connectivity index (χ1) is 15.5. The van der Waals surface area contributed by atoms with Crippen LogP contribution in [0.3, 0.4) is 0 Å². The highest BCUT2D eigenvalue weighted by atomic mass is 16.3. The number of nitrogens with one attached hydrogen (secondary N) is 2. The number of H-pyrrole nitrogens is 1. The first kappa shape index (κ1) is 20.1. The summed E-state index contributed by atoms with van der Waals surface area (Å²) in [5.41, 5.74) is 5.04. The highest BCUT2D eigenvalue weighted by molar-refractivity contribution is 6.50. The average molecular weight is 428 g/mol. The van der Waals surface area contributed by atoms with Crippen LogP contribution in [0, 0.1) is 0 Å². The molecule has 0 fully saturated rings. The maximum absolute atomic E-state index is 13.1. The molecule has 4 aromatic rings. The predicted molar refractivity (Wildman–Crippen MR) is 126 cm³/mol. The van der Waals surface area contributed by atoms with Crippen LogP contribution >= 0.6 is 0 Å². The van der Waals surface area contributed by atoms with Gasteiger partial charge in [-0.15, -0.1) is 0 Å². The molecule has 3 N–H and O–H groups in total. The van der Waals surface area contributed by atoms with Crippen molar-refractivity contribution < 1.29 is 14.7 Å². The third-order valence-electron chi connectivity index (χ3n) is 6.00. The van der Waals surface area contributed by atoms with E-state index < -0.39 is 11.8 Å². The maximum Gasteiger partial charge on any atom is 0.259 e. The number of anilines is 1. The maximum atomic E-state index is 13.1. The number of carbonyl (C=O) groups is 2. The van der Waals surface area contributed by atoms with Crippen LogP contribution in [0.15, 0.2) is 54.9 Å². The normalized spacial score (nSPS) is 14.1. The molecule has 1 aliphatic heterocycles. The summed E-state index contributed by atoms with van der Waals surface area (Å²) in [7, 11) is 3.93. The number of fused-ring (bicyclic) bond motifs is 2. The van der Waals surface area contributed by atoms with Crippen LogP contribution in [0.25, 0.3) is 33.0 Å². The van der Waals surface area contributed by atoms with Crippen LogP contribution < -0.4 is 10.2 Å². The summed E-state index contributed by atoms with van der Waals surface area (Å²) < 4.78 is 2.04. The molecule has 1 aliphatic rings. The number of carbonyl (C=O) groups excluding carboxylic acids is 2. The summed E-state index contributed by atoms with van der Waals surface area (Å²) in [6.07, 6.45) is 4.30. The fraction of sp³-hybridized carbons (Fsp3) is 0.200. The summed E-state index contributed by atoms with van der Waals surface area (Å²) >= 11 is 0. The number of aromatic nitrogens is 2. The van der Waals surface area contributed by atoms with Crippen LogP contribution in [0.2, 0.25) is 0 Å². The van der Waals surface area contributed by atoms with Gasteiger partial charge < -0.3 is 19.6 Å². The second kappa shape index (κ2) is 7.69.